The van der Waals surface area contributed by atoms with Crippen LogP contribution in [0.3, 0.4) is 0 Å². The minimum absolute atomic E-state index is 0.298. The number of allylic oxidation sites excluding steroid dienone is 7. The maximum Gasteiger partial charge on any atom is 0.173 e. The monoisotopic (exact) mass is 378 g/mol. The van der Waals surface area contributed by atoms with Gasteiger partial charge in [-0.25, -0.2) is 0 Å². The number of hydrogen-bond acceptors (Lipinski definition) is 2. The van der Waals surface area contributed by atoms with Crippen molar-refractivity contribution >= 4 is 6.71 Å². The van der Waals surface area contributed by atoms with Gasteiger partial charge in [-0.15, -0.1) is 0 Å². The van der Waals surface area contributed by atoms with Crippen LogP contribution in [0.15, 0.2) is 72.1 Å². The van der Waals surface area contributed by atoms with Gasteiger partial charge in [0.25, 0.3) is 0 Å². The van der Waals surface area contributed by atoms with Crippen LogP contribution >= 0.6 is 0 Å². The number of hydrogen-bond donors (Lipinski definition) is 2. The molecule has 3 heteroatoms. The maximum atomic E-state index is 5.77. The summed E-state index contributed by atoms with van der Waals surface area (Å²) in [5.41, 5.74) is 9.79. The first-order valence-electron chi connectivity index (χ1n) is 10.8. The van der Waals surface area contributed by atoms with Gasteiger partial charge in [0.1, 0.15) is 0 Å². The third-order valence-corrected chi connectivity index (χ3v) is 6.98. The van der Waals surface area contributed by atoms with Crippen LogP contribution in [0.4, 0.5) is 0 Å². The topological polar surface area (TPSA) is 38.0 Å². The van der Waals surface area contributed by atoms with E-state index in [1.54, 1.807) is 6.20 Å². The van der Waals surface area contributed by atoms with Gasteiger partial charge in [-0.2, -0.15) is 0 Å². The SMILES string of the molecule is C=CC(/C=C\NC1C=CC=C(B(C)C(C)(C)C(C)C)C1)=C/C/C(=C/N)C1CC1. The molecule has 1 atom stereocenters. The average molecular weight is 378 g/mol. The zero-order chi connectivity index (χ0) is 20.7. The molecule has 1 fully saturated rings. The van der Waals surface area contributed by atoms with Gasteiger partial charge < -0.3 is 11.1 Å². The third kappa shape index (κ3) is 6.05. The van der Waals surface area contributed by atoms with E-state index >= 15 is 0 Å². The van der Waals surface area contributed by atoms with Crippen molar-refractivity contribution in [3.05, 3.63) is 72.1 Å². The summed E-state index contributed by atoms with van der Waals surface area (Å²) < 4.78 is 0. The summed E-state index contributed by atoms with van der Waals surface area (Å²) in [6.45, 7) is 16.3. The first kappa shape index (κ1) is 22.4. The van der Waals surface area contributed by atoms with Crippen LogP contribution in [0.1, 0.15) is 53.4 Å². The third-order valence-electron chi connectivity index (χ3n) is 6.98. The van der Waals surface area contributed by atoms with E-state index < -0.39 is 0 Å². The van der Waals surface area contributed by atoms with Crippen molar-refractivity contribution in [2.24, 2.45) is 17.6 Å². The minimum Gasteiger partial charge on any atom is -0.405 e. The Morgan fingerprint density at radius 3 is 2.68 bits per heavy atom. The lowest BCUT2D eigenvalue weighted by molar-refractivity contribution is 0.467. The van der Waals surface area contributed by atoms with Gasteiger partial charge in [-0.3, -0.25) is 0 Å². The highest BCUT2D eigenvalue weighted by Gasteiger charge is 2.35. The highest BCUT2D eigenvalue weighted by atomic mass is 14.9. The van der Waals surface area contributed by atoms with Crippen molar-refractivity contribution in [3.63, 3.8) is 0 Å². The van der Waals surface area contributed by atoms with Crippen molar-refractivity contribution < 1.29 is 0 Å². The molecule has 1 unspecified atom stereocenters. The Labute approximate surface area is 173 Å². The van der Waals surface area contributed by atoms with Crippen LogP contribution in [-0.2, 0) is 0 Å². The minimum atomic E-state index is 0.298. The Morgan fingerprint density at radius 1 is 1.39 bits per heavy atom. The van der Waals surface area contributed by atoms with Gasteiger partial charge in [-0.1, -0.05) is 76.9 Å². The molecule has 0 saturated heterocycles. The molecule has 0 aliphatic heterocycles. The molecule has 0 aromatic carbocycles. The quantitative estimate of drug-likeness (QED) is 0.351. The second-order valence-electron chi connectivity index (χ2n) is 9.26. The molecule has 0 aromatic rings. The summed E-state index contributed by atoms with van der Waals surface area (Å²) >= 11 is 0. The van der Waals surface area contributed by atoms with Crippen molar-refractivity contribution in [2.75, 3.05) is 0 Å². The van der Waals surface area contributed by atoms with Crippen molar-refractivity contribution in [3.8, 4) is 0 Å². The molecule has 28 heavy (non-hydrogen) atoms. The van der Waals surface area contributed by atoms with Gasteiger partial charge in [0, 0.05) is 6.04 Å². The Bertz CT molecular complexity index is 687. The Morgan fingerprint density at radius 2 is 2.11 bits per heavy atom. The summed E-state index contributed by atoms with van der Waals surface area (Å²) in [5.74, 6) is 1.37. The molecule has 0 radical (unpaired) electrons. The first-order chi connectivity index (χ1) is 13.3. The molecule has 2 aliphatic carbocycles. The van der Waals surface area contributed by atoms with Crippen molar-refractivity contribution in [1.29, 1.82) is 0 Å². The summed E-state index contributed by atoms with van der Waals surface area (Å²) in [4.78, 5) is 0. The molecule has 2 aliphatic rings. The number of rotatable bonds is 10. The molecule has 0 bridgehead atoms. The fraction of sp³-hybridized carbons (Fsp3) is 0.520. The van der Waals surface area contributed by atoms with E-state index in [4.69, 9.17) is 5.73 Å². The Balaban J connectivity index is 1.90. The van der Waals surface area contributed by atoms with Gasteiger partial charge in [0.2, 0.25) is 0 Å². The molecule has 152 valence electrons. The van der Waals surface area contributed by atoms with E-state index in [0.717, 1.165) is 18.4 Å². The predicted octanol–water partition coefficient (Wildman–Crippen LogP) is 6.20. The molecule has 0 amide bonds. The summed E-state index contributed by atoms with van der Waals surface area (Å²) in [7, 11) is 0. The Kier molecular flexibility index (Phi) is 8.04. The van der Waals surface area contributed by atoms with Gasteiger partial charge >= 0.3 is 0 Å². The summed E-state index contributed by atoms with van der Waals surface area (Å²) in [5, 5.41) is 3.85. The zero-order valence-electron chi connectivity index (χ0n) is 18.5. The summed E-state index contributed by atoms with van der Waals surface area (Å²) in [6, 6.07) is 0.346. The molecule has 3 N–H and O–H groups in total. The van der Waals surface area contributed by atoms with Crippen molar-refractivity contribution in [2.45, 2.75) is 71.6 Å². The molecular formula is C25H39BN2. The molecule has 2 rings (SSSR count). The smallest absolute Gasteiger partial charge is 0.173 e. The molecular weight excluding hydrogens is 339 g/mol. The molecule has 2 nitrogen and oxygen atoms in total. The van der Waals surface area contributed by atoms with E-state index in [1.165, 1.54) is 23.9 Å². The highest BCUT2D eigenvalue weighted by Crippen LogP contribution is 2.41. The molecule has 0 aromatic heterocycles. The van der Waals surface area contributed by atoms with E-state index in [9.17, 15) is 0 Å². The molecule has 0 heterocycles. The normalized spacial score (nSPS) is 21.2. The van der Waals surface area contributed by atoms with Crippen LogP contribution in [-0.4, -0.2) is 12.8 Å². The van der Waals surface area contributed by atoms with E-state index in [2.05, 4.69) is 83.0 Å². The lowest BCUT2D eigenvalue weighted by atomic mass is 9.29. The standard InChI is InChI=1S/C25H39BN2/c1-7-20(11-12-22(18-27)21-13-14-21)15-16-28-24-10-8-9-23(17-24)26(6)25(4,5)19(2)3/h7-11,15-16,18-19,21,24,28H,1,12-14,17,27H2,2-6H3/b16-15-,20-11-,22-18-. The lowest BCUT2D eigenvalue weighted by Gasteiger charge is -2.36. The fourth-order valence-corrected chi connectivity index (χ4v) is 3.66. The summed E-state index contributed by atoms with van der Waals surface area (Å²) in [6.07, 6.45) is 21.4. The second-order valence-corrected chi connectivity index (χ2v) is 9.26. The first-order valence-corrected chi connectivity index (χ1v) is 10.8. The fourth-order valence-electron chi connectivity index (χ4n) is 3.66. The number of nitrogens with two attached hydrogens (primary N) is 1. The van der Waals surface area contributed by atoms with Crippen LogP contribution in [0.25, 0.3) is 0 Å². The largest absolute Gasteiger partial charge is 0.405 e. The highest BCUT2D eigenvalue weighted by molar-refractivity contribution is 6.68. The van der Waals surface area contributed by atoms with E-state index in [0.29, 0.717) is 29.9 Å². The van der Waals surface area contributed by atoms with E-state index in [-0.39, 0.29) is 0 Å². The van der Waals surface area contributed by atoms with Gasteiger partial charge in [0.05, 0.1) is 0 Å². The van der Waals surface area contributed by atoms with Crippen LogP contribution in [0.2, 0.25) is 12.1 Å². The van der Waals surface area contributed by atoms with Gasteiger partial charge in [0.15, 0.2) is 6.71 Å². The van der Waals surface area contributed by atoms with Crippen molar-refractivity contribution in [1.82, 2.24) is 5.32 Å². The molecule has 0 spiro atoms. The van der Waals surface area contributed by atoms with Crippen LogP contribution < -0.4 is 11.1 Å². The second kappa shape index (κ2) is 10.0. The van der Waals surface area contributed by atoms with Gasteiger partial charge in [-0.05, 0) is 72.5 Å². The maximum absolute atomic E-state index is 5.77. The zero-order valence-corrected chi connectivity index (χ0v) is 18.5. The Hall–Kier alpha value is -1.90. The van der Waals surface area contributed by atoms with Crippen LogP contribution in [0.5, 0.6) is 0 Å². The lowest BCUT2D eigenvalue weighted by Crippen LogP contribution is -2.35. The predicted molar refractivity (Wildman–Crippen MR) is 126 cm³/mol. The van der Waals surface area contributed by atoms with Crippen LogP contribution in [0, 0.1) is 11.8 Å². The number of nitrogens with one attached hydrogen (secondary N) is 1. The van der Waals surface area contributed by atoms with E-state index in [1.807, 2.05) is 6.08 Å². The molecule has 1 saturated carbocycles. The average Bonchev–Trinajstić information content (AvgIpc) is 3.51.